The van der Waals surface area contributed by atoms with E-state index in [-0.39, 0.29) is 23.8 Å². The van der Waals surface area contributed by atoms with Crippen molar-refractivity contribution in [3.63, 3.8) is 0 Å². The van der Waals surface area contributed by atoms with Gasteiger partial charge in [-0.05, 0) is 86.3 Å². The summed E-state index contributed by atoms with van der Waals surface area (Å²) in [5.74, 6) is -1.37. The van der Waals surface area contributed by atoms with Gasteiger partial charge in [-0.1, -0.05) is 66.2 Å². The van der Waals surface area contributed by atoms with Crippen molar-refractivity contribution < 1.29 is 22.4 Å². The van der Waals surface area contributed by atoms with Crippen LogP contribution < -0.4 is 9.62 Å². The first kappa shape index (κ1) is 32.4. The number of benzene rings is 4. The van der Waals surface area contributed by atoms with Gasteiger partial charge in [0.05, 0.1) is 10.6 Å². The standard InChI is InChI=1S/C35H38FN3O4S/c1-5-37-35(41)33(22-28-9-7-6-8-10-28)38(23-29-14-16-30(36)17-15-29)34(40)24-39(31-18-13-26(3)27(4)21-31)44(42,43)32-19-11-25(2)12-20-32/h6-21,33H,5,22-24H2,1-4H3,(H,37,41)/t33-/m0/s1. The summed E-state index contributed by atoms with van der Waals surface area (Å²) in [6.45, 7) is 7.22. The SMILES string of the molecule is CCNC(=O)[C@H](Cc1ccccc1)N(Cc1ccc(F)cc1)C(=O)CN(c1ccc(C)c(C)c1)S(=O)(=O)c1ccc(C)cc1. The van der Waals surface area contributed by atoms with Gasteiger partial charge in [0, 0.05) is 19.5 Å². The molecule has 0 heterocycles. The van der Waals surface area contributed by atoms with Crippen molar-refractivity contribution in [3.8, 4) is 0 Å². The Hall–Kier alpha value is -4.50. The lowest BCUT2D eigenvalue weighted by atomic mass is 10.0. The first-order chi connectivity index (χ1) is 21.0. The minimum Gasteiger partial charge on any atom is -0.355 e. The Bertz CT molecular complexity index is 1690. The fourth-order valence-electron chi connectivity index (χ4n) is 4.88. The first-order valence-electron chi connectivity index (χ1n) is 14.5. The van der Waals surface area contributed by atoms with E-state index in [1.165, 1.54) is 29.2 Å². The van der Waals surface area contributed by atoms with Crippen LogP contribution in [0.2, 0.25) is 0 Å². The molecule has 44 heavy (non-hydrogen) atoms. The summed E-state index contributed by atoms with van der Waals surface area (Å²) in [7, 11) is -4.19. The molecule has 1 atom stereocenters. The molecule has 0 saturated carbocycles. The number of anilines is 1. The summed E-state index contributed by atoms with van der Waals surface area (Å²) in [4.78, 5) is 29.4. The summed E-state index contributed by atoms with van der Waals surface area (Å²) in [6, 6.07) is 25.7. The highest BCUT2D eigenvalue weighted by Crippen LogP contribution is 2.27. The lowest BCUT2D eigenvalue weighted by Gasteiger charge is -2.34. The van der Waals surface area contributed by atoms with Gasteiger partial charge in [-0.25, -0.2) is 12.8 Å². The highest BCUT2D eigenvalue weighted by atomic mass is 32.2. The van der Waals surface area contributed by atoms with Gasteiger partial charge in [0.15, 0.2) is 0 Å². The van der Waals surface area contributed by atoms with Crippen LogP contribution >= 0.6 is 0 Å². The summed E-state index contributed by atoms with van der Waals surface area (Å²) < 4.78 is 43.1. The molecule has 9 heteroatoms. The van der Waals surface area contributed by atoms with Gasteiger partial charge in [-0.15, -0.1) is 0 Å². The third kappa shape index (κ3) is 7.90. The molecule has 0 radical (unpaired) electrons. The largest absolute Gasteiger partial charge is 0.355 e. The van der Waals surface area contributed by atoms with E-state index in [0.717, 1.165) is 26.6 Å². The number of hydrogen-bond acceptors (Lipinski definition) is 4. The molecular formula is C35H38FN3O4S. The molecular weight excluding hydrogens is 577 g/mol. The molecule has 7 nitrogen and oxygen atoms in total. The molecule has 4 aromatic rings. The van der Waals surface area contributed by atoms with Crippen LogP contribution in [0.3, 0.4) is 0 Å². The molecule has 0 aliphatic heterocycles. The van der Waals surface area contributed by atoms with Crippen molar-refractivity contribution in [3.05, 3.63) is 131 Å². The van der Waals surface area contributed by atoms with Gasteiger partial charge >= 0.3 is 0 Å². The molecule has 4 rings (SSSR count). The van der Waals surface area contributed by atoms with Crippen molar-refractivity contribution in [1.29, 1.82) is 0 Å². The molecule has 0 unspecified atom stereocenters. The summed E-state index contributed by atoms with van der Waals surface area (Å²) in [5.41, 5.74) is 4.51. The molecule has 0 aromatic heterocycles. The molecule has 1 N–H and O–H groups in total. The number of nitrogens with one attached hydrogen (secondary N) is 1. The molecule has 0 fully saturated rings. The van der Waals surface area contributed by atoms with E-state index in [1.807, 2.05) is 57.2 Å². The van der Waals surface area contributed by atoms with Gasteiger partial charge in [-0.2, -0.15) is 0 Å². The molecule has 4 aromatic carbocycles. The van der Waals surface area contributed by atoms with E-state index in [4.69, 9.17) is 0 Å². The fourth-order valence-corrected chi connectivity index (χ4v) is 6.29. The van der Waals surface area contributed by atoms with Crippen molar-refractivity contribution in [2.75, 3.05) is 17.4 Å². The minimum absolute atomic E-state index is 0.0287. The zero-order chi connectivity index (χ0) is 31.9. The maximum atomic E-state index is 14.4. The Labute approximate surface area is 259 Å². The smallest absolute Gasteiger partial charge is 0.264 e. The predicted octanol–water partition coefficient (Wildman–Crippen LogP) is 5.72. The van der Waals surface area contributed by atoms with E-state index in [2.05, 4.69) is 5.32 Å². The second-order valence-electron chi connectivity index (χ2n) is 10.8. The monoisotopic (exact) mass is 615 g/mol. The Morgan fingerprint density at radius 2 is 1.48 bits per heavy atom. The van der Waals surface area contributed by atoms with E-state index < -0.39 is 34.3 Å². The molecule has 0 aliphatic rings. The fraction of sp³-hybridized carbons (Fsp3) is 0.257. The Morgan fingerprint density at radius 3 is 2.09 bits per heavy atom. The van der Waals surface area contributed by atoms with Crippen LogP contribution in [0, 0.1) is 26.6 Å². The number of aryl methyl sites for hydroxylation is 3. The van der Waals surface area contributed by atoms with Gasteiger partial charge in [0.1, 0.15) is 18.4 Å². The van der Waals surface area contributed by atoms with E-state index in [1.54, 1.807) is 43.3 Å². The number of hydrogen-bond donors (Lipinski definition) is 1. The number of carbonyl (C=O) groups excluding carboxylic acids is 2. The second kappa shape index (κ2) is 14.3. The lowest BCUT2D eigenvalue weighted by molar-refractivity contribution is -0.140. The zero-order valence-corrected chi connectivity index (χ0v) is 26.3. The third-order valence-electron chi connectivity index (χ3n) is 7.55. The quantitative estimate of drug-likeness (QED) is 0.221. The Morgan fingerprint density at radius 1 is 0.818 bits per heavy atom. The van der Waals surface area contributed by atoms with E-state index >= 15 is 0 Å². The van der Waals surface area contributed by atoms with Crippen LogP contribution in [0.4, 0.5) is 10.1 Å². The number of carbonyl (C=O) groups is 2. The lowest BCUT2D eigenvalue weighted by Crippen LogP contribution is -2.53. The van der Waals surface area contributed by atoms with Crippen molar-refractivity contribution >= 4 is 27.5 Å². The predicted molar refractivity (Wildman–Crippen MR) is 171 cm³/mol. The molecule has 0 spiro atoms. The number of amides is 2. The van der Waals surface area contributed by atoms with Crippen molar-refractivity contribution in [2.45, 2.75) is 51.6 Å². The number of nitrogens with zero attached hydrogens (tertiary/aromatic N) is 2. The average molecular weight is 616 g/mol. The summed E-state index contributed by atoms with van der Waals surface area (Å²) in [6.07, 6.45) is 0.202. The topological polar surface area (TPSA) is 86.8 Å². The second-order valence-corrected chi connectivity index (χ2v) is 12.7. The minimum atomic E-state index is -4.19. The summed E-state index contributed by atoms with van der Waals surface area (Å²) in [5, 5.41) is 2.83. The van der Waals surface area contributed by atoms with Crippen LogP contribution in [-0.4, -0.2) is 44.3 Å². The van der Waals surface area contributed by atoms with Gasteiger partial charge < -0.3 is 10.2 Å². The maximum absolute atomic E-state index is 14.4. The Balaban J connectivity index is 1.81. The van der Waals surface area contributed by atoms with Crippen LogP contribution in [0.15, 0.2) is 102 Å². The number of halogens is 1. The van der Waals surface area contributed by atoms with E-state index in [0.29, 0.717) is 17.8 Å². The van der Waals surface area contributed by atoms with Crippen LogP contribution in [0.25, 0.3) is 0 Å². The third-order valence-corrected chi connectivity index (χ3v) is 9.34. The van der Waals surface area contributed by atoms with Gasteiger partial charge in [0.25, 0.3) is 10.0 Å². The number of likely N-dealkylation sites (N-methyl/N-ethyl adjacent to an activating group) is 1. The summed E-state index contributed by atoms with van der Waals surface area (Å²) >= 11 is 0. The highest BCUT2D eigenvalue weighted by Gasteiger charge is 2.34. The van der Waals surface area contributed by atoms with E-state index in [9.17, 15) is 22.4 Å². The molecule has 2 amide bonds. The highest BCUT2D eigenvalue weighted by molar-refractivity contribution is 7.92. The van der Waals surface area contributed by atoms with Crippen LogP contribution in [0.1, 0.15) is 34.7 Å². The first-order valence-corrected chi connectivity index (χ1v) is 16.0. The Kier molecular flexibility index (Phi) is 10.5. The number of sulfonamides is 1. The van der Waals surface area contributed by atoms with Crippen LogP contribution in [-0.2, 0) is 32.6 Å². The number of rotatable bonds is 12. The zero-order valence-electron chi connectivity index (χ0n) is 25.5. The average Bonchev–Trinajstić information content (AvgIpc) is 3.00. The van der Waals surface area contributed by atoms with Crippen molar-refractivity contribution in [1.82, 2.24) is 10.2 Å². The normalized spacial score (nSPS) is 11.9. The molecule has 0 bridgehead atoms. The molecule has 0 saturated heterocycles. The molecule has 230 valence electrons. The van der Waals surface area contributed by atoms with Gasteiger partial charge in [-0.3, -0.25) is 13.9 Å². The van der Waals surface area contributed by atoms with Crippen molar-refractivity contribution in [2.24, 2.45) is 0 Å². The van der Waals surface area contributed by atoms with Gasteiger partial charge in [0.2, 0.25) is 11.8 Å². The van der Waals surface area contributed by atoms with Crippen LogP contribution in [0.5, 0.6) is 0 Å². The maximum Gasteiger partial charge on any atom is 0.264 e. The molecule has 0 aliphatic carbocycles.